The van der Waals surface area contributed by atoms with Gasteiger partial charge < -0.3 is 9.47 Å². The molecule has 0 atom stereocenters. The van der Waals surface area contributed by atoms with E-state index >= 15 is 0 Å². The minimum Gasteiger partial charge on any atom is -0.466 e. The number of nitro groups is 1. The molecule has 0 fully saturated rings. The Morgan fingerprint density at radius 2 is 1.61 bits per heavy atom. The van der Waals surface area contributed by atoms with Gasteiger partial charge in [0.15, 0.2) is 0 Å². The van der Waals surface area contributed by atoms with Gasteiger partial charge in [-0.15, -0.1) is 0 Å². The number of benzene rings is 1. The Labute approximate surface area is 166 Å². The minimum absolute atomic E-state index is 0.0366. The second kappa shape index (κ2) is 13.7. The topological polar surface area (TPSA) is 95.7 Å². The number of hydrogen-bond acceptors (Lipinski definition) is 6. The van der Waals surface area contributed by atoms with Crippen molar-refractivity contribution >= 4 is 17.6 Å². The zero-order valence-electron chi connectivity index (χ0n) is 16.9. The maximum absolute atomic E-state index is 11.8. The van der Waals surface area contributed by atoms with Gasteiger partial charge in [-0.25, -0.2) is 0 Å². The molecule has 0 aliphatic carbocycles. The number of rotatable bonds is 14. The number of esters is 2. The number of nitro benzene ring substituents is 1. The van der Waals surface area contributed by atoms with Gasteiger partial charge in [-0.3, -0.25) is 19.7 Å². The van der Waals surface area contributed by atoms with Crippen LogP contribution in [-0.4, -0.2) is 23.5 Å². The van der Waals surface area contributed by atoms with Crippen LogP contribution < -0.4 is 0 Å². The molecule has 0 aliphatic heterocycles. The normalized spacial score (nSPS) is 10.5. The van der Waals surface area contributed by atoms with Crippen LogP contribution in [0.1, 0.15) is 75.8 Å². The average Bonchev–Trinajstić information content (AvgIpc) is 2.65. The van der Waals surface area contributed by atoms with Crippen LogP contribution in [0.2, 0.25) is 0 Å². The molecule has 1 rings (SSSR count). The summed E-state index contributed by atoms with van der Waals surface area (Å²) >= 11 is 0. The van der Waals surface area contributed by atoms with E-state index in [1.807, 2.05) is 0 Å². The monoisotopic (exact) mass is 393 g/mol. The second-order valence-corrected chi connectivity index (χ2v) is 6.88. The zero-order valence-corrected chi connectivity index (χ0v) is 16.9. The fraction of sp³-hybridized carbons (Fsp3) is 0.619. The molecule has 0 spiro atoms. The molecule has 1 aromatic carbocycles. The number of carbonyl (C=O) groups is 2. The van der Waals surface area contributed by atoms with Crippen molar-refractivity contribution < 1.29 is 24.0 Å². The maximum Gasteiger partial charge on any atom is 0.306 e. The van der Waals surface area contributed by atoms with Gasteiger partial charge in [0.25, 0.3) is 5.69 Å². The summed E-state index contributed by atoms with van der Waals surface area (Å²) in [4.78, 5) is 33.7. The first-order valence-corrected chi connectivity index (χ1v) is 9.99. The van der Waals surface area contributed by atoms with Gasteiger partial charge in [-0.1, -0.05) is 39.0 Å². The molecule has 7 nitrogen and oxygen atoms in total. The quantitative estimate of drug-likeness (QED) is 0.191. The van der Waals surface area contributed by atoms with Crippen molar-refractivity contribution in [3.05, 3.63) is 39.4 Å². The molecule has 28 heavy (non-hydrogen) atoms. The van der Waals surface area contributed by atoms with E-state index < -0.39 is 10.9 Å². The van der Waals surface area contributed by atoms with Crippen LogP contribution in [0.15, 0.2) is 18.2 Å². The third kappa shape index (κ3) is 10.0. The van der Waals surface area contributed by atoms with Crippen LogP contribution in [0.3, 0.4) is 0 Å². The van der Waals surface area contributed by atoms with Crippen molar-refractivity contribution in [2.75, 3.05) is 6.61 Å². The largest absolute Gasteiger partial charge is 0.466 e. The number of ether oxygens (including phenoxy) is 2. The summed E-state index contributed by atoms with van der Waals surface area (Å²) in [7, 11) is 0. The highest BCUT2D eigenvalue weighted by Crippen LogP contribution is 2.19. The van der Waals surface area contributed by atoms with E-state index in [0.29, 0.717) is 24.2 Å². The molecule has 7 heteroatoms. The highest BCUT2D eigenvalue weighted by Gasteiger charge is 2.12. The smallest absolute Gasteiger partial charge is 0.306 e. The molecule has 156 valence electrons. The van der Waals surface area contributed by atoms with E-state index in [0.717, 1.165) is 12.8 Å². The van der Waals surface area contributed by atoms with Crippen molar-refractivity contribution in [1.82, 2.24) is 0 Å². The van der Waals surface area contributed by atoms with Gasteiger partial charge in [-0.2, -0.15) is 0 Å². The Balaban J connectivity index is 2.12. The molecule has 0 saturated carbocycles. The molecule has 1 aromatic rings. The van der Waals surface area contributed by atoms with Crippen molar-refractivity contribution in [1.29, 1.82) is 0 Å². The van der Waals surface area contributed by atoms with Gasteiger partial charge in [-0.05, 0) is 37.5 Å². The molecule has 0 amide bonds. The first-order chi connectivity index (χ1) is 13.4. The lowest BCUT2D eigenvalue weighted by molar-refractivity contribution is -0.385. The molecular formula is C21H31NO6. The summed E-state index contributed by atoms with van der Waals surface area (Å²) in [5, 5.41) is 10.8. The summed E-state index contributed by atoms with van der Waals surface area (Å²) in [6.45, 7) is 4.31. The molecule has 0 unspecified atom stereocenters. The summed E-state index contributed by atoms with van der Waals surface area (Å²) in [5.74, 6) is -0.688. The zero-order chi connectivity index (χ0) is 20.8. The lowest BCUT2D eigenvalue weighted by Crippen LogP contribution is -2.09. The SMILES string of the molecule is CCCCCCCCOC(=O)CCCC(=O)OCc1ccc([N+](=O)[O-])c(C)c1. The third-order valence-electron chi connectivity index (χ3n) is 4.38. The number of carbonyl (C=O) groups excluding carboxylic acids is 2. The molecule has 0 heterocycles. The lowest BCUT2D eigenvalue weighted by atomic mass is 10.1. The first kappa shape index (κ1) is 23.6. The van der Waals surface area contributed by atoms with Crippen molar-refractivity contribution in [2.45, 2.75) is 78.2 Å². The molecule has 0 bridgehead atoms. The van der Waals surface area contributed by atoms with Crippen molar-refractivity contribution in [3.8, 4) is 0 Å². The Hall–Kier alpha value is -2.44. The fourth-order valence-electron chi connectivity index (χ4n) is 2.77. The fourth-order valence-corrected chi connectivity index (χ4v) is 2.77. The van der Waals surface area contributed by atoms with E-state index in [9.17, 15) is 19.7 Å². The second-order valence-electron chi connectivity index (χ2n) is 6.88. The van der Waals surface area contributed by atoms with Crippen LogP contribution in [0, 0.1) is 17.0 Å². The molecule has 0 N–H and O–H groups in total. The summed E-state index contributed by atoms with van der Waals surface area (Å²) < 4.78 is 10.3. The Morgan fingerprint density at radius 1 is 0.964 bits per heavy atom. The molecule has 0 radical (unpaired) electrons. The predicted octanol–water partition coefficient (Wildman–Crippen LogP) is 5.02. The van der Waals surface area contributed by atoms with Gasteiger partial charge >= 0.3 is 11.9 Å². The van der Waals surface area contributed by atoms with Crippen molar-refractivity contribution in [2.24, 2.45) is 0 Å². The standard InChI is InChI=1S/C21H31NO6/c1-3-4-5-6-7-8-14-27-20(23)10-9-11-21(24)28-16-18-12-13-19(22(25)26)17(2)15-18/h12-13,15H,3-11,14,16H2,1-2H3. The Morgan fingerprint density at radius 3 is 2.25 bits per heavy atom. The summed E-state index contributed by atoms with van der Waals surface area (Å²) in [6.07, 6.45) is 7.53. The van der Waals surface area contributed by atoms with Crippen LogP contribution in [-0.2, 0) is 25.7 Å². The number of hydrogen-bond donors (Lipinski definition) is 0. The van der Waals surface area contributed by atoms with Crippen LogP contribution in [0.5, 0.6) is 0 Å². The molecule has 0 aliphatic rings. The first-order valence-electron chi connectivity index (χ1n) is 9.99. The van der Waals surface area contributed by atoms with Crippen LogP contribution in [0.25, 0.3) is 0 Å². The highest BCUT2D eigenvalue weighted by molar-refractivity contribution is 5.72. The Bertz CT molecular complexity index is 644. The number of aryl methyl sites for hydroxylation is 1. The van der Waals surface area contributed by atoms with E-state index in [2.05, 4.69) is 6.92 Å². The van der Waals surface area contributed by atoms with Crippen LogP contribution in [0.4, 0.5) is 5.69 Å². The van der Waals surface area contributed by atoms with Crippen molar-refractivity contribution in [3.63, 3.8) is 0 Å². The molecule has 0 saturated heterocycles. The maximum atomic E-state index is 11.8. The molecule has 0 aromatic heterocycles. The van der Waals surface area contributed by atoms with Gasteiger partial charge in [0.05, 0.1) is 11.5 Å². The third-order valence-corrected chi connectivity index (χ3v) is 4.38. The average molecular weight is 393 g/mol. The summed E-state index contributed by atoms with van der Waals surface area (Å²) in [5.41, 5.74) is 1.25. The predicted molar refractivity (Wildman–Crippen MR) is 106 cm³/mol. The minimum atomic E-state index is -0.448. The lowest BCUT2D eigenvalue weighted by Gasteiger charge is -2.07. The van der Waals surface area contributed by atoms with Gasteiger partial charge in [0.2, 0.25) is 0 Å². The van der Waals surface area contributed by atoms with Gasteiger partial charge in [0, 0.05) is 24.5 Å². The van der Waals surface area contributed by atoms with Gasteiger partial charge in [0.1, 0.15) is 6.61 Å². The Kier molecular flexibility index (Phi) is 11.5. The van der Waals surface area contributed by atoms with E-state index in [4.69, 9.17) is 9.47 Å². The van der Waals surface area contributed by atoms with E-state index in [1.54, 1.807) is 19.1 Å². The van der Waals surface area contributed by atoms with E-state index in [1.165, 1.54) is 31.7 Å². The summed E-state index contributed by atoms with van der Waals surface area (Å²) in [6, 6.07) is 4.60. The number of unbranched alkanes of at least 4 members (excludes halogenated alkanes) is 5. The van der Waals surface area contributed by atoms with Crippen LogP contribution >= 0.6 is 0 Å². The van der Waals surface area contributed by atoms with E-state index in [-0.39, 0.29) is 31.1 Å². The highest BCUT2D eigenvalue weighted by atomic mass is 16.6. The molecular weight excluding hydrogens is 362 g/mol. The number of nitrogens with zero attached hydrogens (tertiary/aromatic N) is 1.